The first-order chi connectivity index (χ1) is 20.6. The van der Waals surface area contributed by atoms with Crippen molar-refractivity contribution in [1.82, 2.24) is 19.9 Å². The highest BCUT2D eigenvalue weighted by Crippen LogP contribution is 2.40. The first-order valence-corrected chi connectivity index (χ1v) is 15.2. The fourth-order valence-corrected chi connectivity index (χ4v) is 6.19. The molecule has 0 aliphatic heterocycles. The zero-order chi connectivity index (χ0) is 30.4. The molecule has 5 aromatic rings. The Balaban J connectivity index is 1.54. The zero-order valence-electron chi connectivity index (χ0n) is 22.9. The molecule has 6 rings (SSSR count). The van der Waals surface area contributed by atoms with Gasteiger partial charge in [0.1, 0.15) is 17.4 Å². The van der Waals surface area contributed by atoms with Crippen LogP contribution >= 0.6 is 11.3 Å². The van der Waals surface area contributed by atoms with Crippen LogP contribution in [0.4, 0.5) is 14.5 Å². The zero-order valence-corrected chi connectivity index (χ0v) is 24.5. The van der Waals surface area contributed by atoms with Crippen molar-refractivity contribution in [2.24, 2.45) is 5.92 Å². The molecule has 1 aliphatic carbocycles. The number of aromatic nitrogens is 4. The van der Waals surface area contributed by atoms with E-state index >= 15 is 8.78 Å². The van der Waals surface area contributed by atoms with Crippen LogP contribution < -0.4 is 4.72 Å². The van der Waals surface area contributed by atoms with Crippen molar-refractivity contribution < 1.29 is 32.0 Å². The van der Waals surface area contributed by atoms with E-state index in [9.17, 15) is 18.7 Å². The number of halogens is 2. The van der Waals surface area contributed by atoms with Crippen molar-refractivity contribution in [2.75, 3.05) is 4.72 Å². The lowest BCUT2D eigenvalue weighted by Crippen LogP contribution is -2.07. The fraction of sp³-hybridized carbons (Fsp3) is 0.241. The van der Waals surface area contributed by atoms with E-state index in [0.29, 0.717) is 56.9 Å². The lowest BCUT2D eigenvalue weighted by molar-refractivity contribution is 0.0691. The van der Waals surface area contributed by atoms with Crippen LogP contribution in [-0.2, 0) is 24.1 Å². The third-order valence-electron chi connectivity index (χ3n) is 7.33. The minimum atomic E-state index is -2.61. The summed E-state index contributed by atoms with van der Waals surface area (Å²) in [6.45, 7) is 3.42. The van der Waals surface area contributed by atoms with Gasteiger partial charge in [-0.15, -0.1) is 11.3 Å². The van der Waals surface area contributed by atoms with Crippen LogP contribution in [0.15, 0.2) is 46.3 Å². The molecule has 0 saturated heterocycles. The Morgan fingerprint density at radius 1 is 1.21 bits per heavy atom. The molecule has 0 spiro atoms. The fourth-order valence-electron chi connectivity index (χ4n) is 5.10. The van der Waals surface area contributed by atoms with E-state index in [1.807, 2.05) is 0 Å². The second-order valence-electron chi connectivity index (χ2n) is 10.4. The summed E-state index contributed by atoms with van der Waals surface area (Å²) in [7, 11) is 0. The van der Waals surface area contributed by atoms with Crippen molar-refractivity contribution in [3.63, 3.8) is 0 Å². The number of nitrogens with zero attached hydrogens (tertiary/aromatic N) is 4. The quantitative estimate of drug-likeness (QED) is 0.180. The Hall–Kier alpha value is -4.27. The summed E-state index contributed by atoms with van der Waals surface area (Å²) in [6.07, 6.45) is 2.69. The molecule has 0 radical (unpaired) electrons. The minimum absolute atomic E-state index is 0.0790. The molecule has 1 saturated carbocycles. The molecular formula is C29H24F2N5O5S2-. The Morgan fingerprint density at radius 3 is 2.63 bits per heavy atom. The van der Waals surface area contributed by atoms with E-state index in [1.54, 1.807) is 30.7 Å². The Bertz CT molecular complexity index is 1880. The number of nitrogens with one attached hydrogen (secondary N) is 1. The summed E-state index contributed by atoms with van der Waals surface area (Å²) < 4.78 is 61.6. The molecule has 43 heavy (non-hydrogen) atoms. The van der Waals surface area contributed by atoms with Crippen LogP contribution in [0.2, 0.25) is 0 Å². The lowest BCUT2D eigenvalue weighted by Gasteiger charge is -2.12. The minimum Gasteiger partial charge on any atom is -0.755 e. The maximum Gasteiger partial charge on any atom is 0.355 e. The number of carboxylic acid groups (broad SMARTS) is 1. The van der Waals surface area contributed by atoms with Gasteiger partial charge in [0.2, 0.25) is 5.13 Å². The number of aryl methyl sites for hydroxylation is 2. The average Bonchev–Trinajstić information content (AvgIpc) is 3.35. The van der Waals surface area contributed by atoms with E-state index in [1.165, 1.54) is 23.6 Å². The number of rotatable bonds is 10. The van der Waals surface area contributed by atoms with Crippen LogP contribution in [0, 0.1) is 31.4 Å². The van der Waals surface area contributed by atoms with Crippen LogP contribution in [0.3, 0.4) is 0 Å². The van der Waals surface area contributed by atoms with E-state index in [0.717, 1.165) is 35.9 Å². The van der Waals surface area contributed by atoms with Crippen molar-refractivity contribution in [3.8, 4) is 27.5 Å². The first-order valence-electron chi connectivity index (χ1n) is 13.3. The number of hydrogen-bond acceptors (Lipinski definition) is 8. The topological polar surface area (TPSA) is 146 Å². The van der Waals surface area contributed by atoms with E-state index in [-0.39, 0.29) is 23.4 Å². The molecule has 3 heterocycles. The maximum absolute atomic E-state index is 15.3. The predicted molar refractivity (Wildman–Crippen MR) is 155 cm³/mol. The van der Waals surface area contributed by atoms with Crippen LogP contribution in [-0.4, -0.2) is 39.8 Å². The molecule has 0 amide bonds. The molecule has 222 valence electrons. The van der Waals surface area contributed by atoms with Gasteiger partial charge in [-0.3, -0.25) is 4.21 Å². The van der Waals surface area contributed by atoms with E-state index in [4.69, 9.17) is 9.62 Å². The molecule has 1 unspecified atom stereocenters. The highest BCUT2D eigenvalue weighted by atomic mass is 32.2. The van der Waals surface area contributed by atoms with Gasteiger partial charge in [-0.25, -0.2) is 23.2 Å². The maximum atomic E-state index is 15.3. The third-order valence-corrected chi connectivity index (χ3v) is 8.54. The smallest absolute Gasteiger partial charge is 0.355 e. The Labute approximate surface area is 250 Å². The predicted octanol–water partition coefficient (Wildman–Crippen LogP) is 5.99. The average molecular weight is 625 g/mol. The monoisotopic (exact) mass is 624 g/mol. The van der Waals surface area contributed by atoms with Gasteiger partial charge < -0.3 is 18.9 Å². The van der Waals surface area contributed by atoms with Crippen molar-refractivity contribution in [2.45, 2.75) is 39.5 Å². The molecule has 10 nitrogen and oxygen atoms in total. The van der Waals surface area contributed by atoms with Gasteiger partial charge in [0.25, 0.3) is 0 Å². The summed E-state index contributed by atoms with van der Waals surface area (Å²) >= 11 is -1.49. The number of anilines is 1. The molecule has 3 aromatic heterocycles. The van der Waals surface area contributed by atoms with Gasteiger partial charge in [0.15, 0.2) is 5.69 Å². The summed E-state index contributed by atoms with van der Waals surface area (Å²) in [5.41, 5.74) is 3.99. The van der Waals surface area contributed by atoms with Crippen molar-refractivity contribution in [1.29, 1.82) is 0 Å². The molecule has 2 aromatic carbocycles. The molecular weight excluding hydrogens is 600 g/mol. The number of carbonyl (C=O) groups is 1. The standard InChI is InChI=1S/C29H25F2N5O5S2/c1-14-26(15(2)41-34-14)20-11-18(6-8-22(20)30)27-21(10-17-5-7-19(12-23(17)31)35-43(39)40)25(9-16-3-4-16)36(33-27)29-32-24(13-42-29)28(37)38/h5-8,11-13,16,35H,3-4,9-10H2,1-2H3,(H,37,38)(H,39,40)/p-1. The first kappa shape index (κ1) is 28.8. The van der Waals surface area contributed by atoms with E-state index < -0.39 is 28.9 Å². The van der Waals surface area contributed by atoms with Gasteiger partial charge in [-0.05, 0) is 74.9 Å². The molecule has 0 bridgehead atoms. The van der Waals surface area contributed by atoms with Crippen molar-refractivity contribution in [3.05, 3.63) is 87.4 Å². The van der Waals surface area contributed by atoms with Gasteiger partial charge >= 0.3 is 5.97 Å². The number of carboxylic acids is 1. The van der Waals surface area contributed by atoms with E-state index in [2.05, 4.69) is 14.9 Å². The summed E-state index contributed by atoms with van der Waals surface area (Å²) in [4.78, 5) is 15.9. The Morgan fingerprint density at radius 2 is 2.00 bits per heavy atom. The number of thiazole rings is 1. The van der Waals surface area contributed by atoms with Crippen LogP contribution in [0.1, 0.15) is 51.6 Å². The summed E-state index contributed by atoms with van der Waals surface area (Å²) in [5.74, 6) is -1.45. The van der Waals surface area contributed by atoms with Gasteiger partial charge in [-0.2, -0.15) is 5.10 Å². The van der Waals surface area contributed by atoms with Crippen molar-refractivity contribution >= 4 is 34.3 Å². The second kappa shape index (κ2) is 11.4. The molecule has 2 N–H and O–H groups in total. The van der Waals surface area contributed by atoms with Gasteiger partial charge in [0, 0.05) is 45.4 Å². The number of hydrogen-bond donors (Lipinski definition) is 2. The Kier molecular flexibility index (Phi) is 7.66. The molecule has 1 atom stereocenters. The van der Waals surface area contributed by atoms with Crippen LogP contribution in [0.5, 0.6) is 0 Å². The highest BCUT2D eigenvalue weighted by molar-refractivity contribution is 7.80. The van der Waals surface area contributed by atoms with Gasteiger partial charge in [0.05, 0.1) is 22.6 Å². The third kappa shape index (κ3) is 5.85. The molecule has 14 heteroatoms. The molecule has 1 aliphatic rings. The highest BCUT2D eigenvalue weighted by Gasteiger charge is 2.30. The molecule has 1 fully saturated rings. The van der Waals surface area contributed by atoms with Crippen LogP contribution in [0.25, 0.3) is 27.5 Å². The normalized spacial score (nSPS) is 13.8. The summed E-state index contributed by atoms with van der Waals surface area (Å²) in [6, 6.07) is 8.63. The lowest BCUT2D eigenvalue weighted by atomic mass is 9.94. The SMILES string of the molecule is Cc1noc(C)c1-c1cc(-c2nn(-c3nc(C(=O)O)cs3)c(CC3CC3)c2Cc2ccc(NS(=O)[O-])cc2F)ccc1F. The van der Waals surface area contributed by atoms with Gasteiger partial charge in [-0.1, -0.05) is 11.2 Å². The number of aromatic carboxylic acids is 1. The summed E-state index contributed by atoms with van der Waals surface area (Å²) in [5, 5.41) is 20.1. The number of benzene rings is 2. The second-order valence-corrected chi connectivity index (χ2v) is 11.9. The largest absolute Gasteiger partial charge is 0.755 e.